The molecule has 0 radical (unpaired) electrons. The summed E-state index contributed by atoms with van der Waals surface area (Å²) >= 11 is 0. The van der Waals surface area contributed by atoms with Crippen molar-refractivity contribution in [3.8, 4) is 0 Å². The maximum absolute atomic E-state index is 12.6. The number of aliphatic hydroxyl groups excluding tert-OH is 5. The van der Waals surface area contributed by atoms with Crippen LogP contribution in [0, 0.1) is 0 Å². The molecular weight excluding hydrogens is 526 g/mol. The number of hydrogen-bond donors (Lipinski definition) is 6. The van der Waals surface area contributed by atoms with E-state index in [1.165, 1.54) is 19.3 Å². The van der Waals surface area contributed by atoms with Gasteiger partial charge in [0.25, 0.3) is 0 Å². The molecular formula is C32H57NO8. The molecule has 0 saturated carbocycles. The largest absolute Gasteiger partial charge is 0.394 e. The van der Waals surface area contributed by atoms with Gasteiger partial charge in [-0.25, -0.2) is 0 Å². The highest BCUT2D eigenvalue weighted by Gasteiger charge is 2.44. The smallest absolute Gasteiger partial charge is 0.220 e. The molecule has 41 heavy (non-hydrogen) atoms. The van der Waals surface area contributed by atoms with Crippen LogP contribution in [0.25, 0.3) is 0 Å². The first-order valence-electron chi connectivity index (χ1n) is 15.7. The van der Waals surface area contributed by atoms with Crippen molar-refractivity contribution >= 4 is 5.91 Å². The van der Waals surface area contributed by atoms with Crippen LogP contribution in [0.15, 0.2) is 36.5 Å². The van der Waals surface area contributed by atoms with E-state index in [4.69, 9.17) is 9.47 Å². The van der Waals surface area contributed by atoms with E-state index in [0.29, 0.717) is 6.42 Å². The maximum atomic E-state index is 12.6. The van der Waals surface area contributed by atoms with Gasteiger partial charge >= 0.3 is 0 Å². The average Bonchev–Trinajstić information content (AvgIpc) is 2.97. The summed E-state index contributed by atoms with van der Waals surface area (Å²) in [5.41, 5.74) is 0. The normalized spacial score (nSPS) is 24.9. The van der Waals surface area contributed by atoms with Crippen LogP contribution in [0.5, 0.6) is 0 Å². The van der Waals surface area contributed by atoms with E-state index in [2.05, 4.69) is 43.5 Å². The fourth-order valence-corrected chi connectivity index (χ4v) is 4.52. The lowest BCUT2D eigenvalue weighted by Crippen LogP contribution is -2.60. The van der Waals surface area contributed by atoms with Crippen LogP contribution in [0.1, 0.15) is 104 Å². The third-order valence-electron chi connectivity index (χ3n) is 7.20. The molecule has 1 saturated heterocycles. The fourth-order valence-electron chi connectivity index (χ4n) is 4.52. The first kappa shape index (κ1) is 37.4. The van der Waals surface area contributed by atoms with Crippen molar-refractivity contribution in [2.45, 2.75) is 147 Å². The summed E-state index contributed by atoms with van der Waals surface area (Å²) in [6.07, 6.45) is 17.9. The molecule has 1 aliphatic heterocycles. The monoisotopic (exact) mass is 583 g/mol. The summed E-state index contributed by atoms with van der Waals surface area (Å²) in [7, 11) is 0. The van der Waals surface area contributed by atoms with Gasteiger partial charge in [-0.15, -0.1) is 0 Å². The standard InChI is InChI=1S/C32H57NO8/c1-3-5-7-9-11-12-13-14-15-16-17-19-21-26(35)25(33-28(36)22-20-18-10-8-6-4-2)24-40-32-31(39)30(38)29(37)27(23-34)41-32/h9,11,14-15,19,21,25-27,29-32,34-35,37-39H,3-8,10,12-13,16-18,20,22-24H2,1-2H3,(H,33,36)/b11-9+,15-14+,21-19+. The van der Waals surface area contributed by atoms with Crippen LogP contribution in [-0.2, 0) is 14.3 Å². The molecule has 7 unspecified atom stereocenters. The summed E-state index contributed by atoms with van der Waals surface area (Å²) in [5.74, 6) is -0.206. The zero-order valence-corrected chi connectivity index (χ0v) is 25.3. The number of hydrogen-bond acceptors (Lipinski definition) is 8. The van der Waals surface area contributed by atoms with Gasteiger partial charge < -0.3 is 40.3 Å². The second-order valence-corrected chi connectivity index (χ2v) is 10.9. The lowest BCUT2D eigenvalue weighted by Gasteiger charge is -2.40. The average molecular weight is 584 g/mol. The highest BCUT2D eigenvalue weighted by atomic mass is 16.7. The Morgan fingerprint density at radius 3 is 2.02 bits per heavy atom. The number of allylic oxidation sites excluding steroid dienone is 5. The molecule has 9 nitrogen and oxygen atoms in total. The Hall–Kier alpha value is -1.59. The van der Waals surface area contributed by atoms with E-state index in [1.807, 2.05) is 6.08 Å². The van der Waals surface area contributed by atoms with E-state index in [9.17, 15) is 30.3 Å². The van der Waals surface area contributed by atoms with E-state index in [0.717, 1.165) is 64.2 Å². The molecule has 1 rings (SSSR count). The summed E-state index contributed by atoms with van der Waals surface area (Å²) < 4.78 is 11.0. The van der Waals surface area contributed by atoms with Crippen molar-refractivity contribution in [1.82, 2.24) is 5.32 Å². The first-order chi connectivity index (χ1) is 19.8. The Morgan fingerprint density at radius 2 is 1.39 bits per heavy atom. The molecule has 6 N–H and O–H groups in total. The van der Waals surface area contributed by atoms with Crippen molar-refractivity contribution in [2.24, 2.45) is 0 Å². The van der Waals surface area contributed by atoms with Crippen LogP contribution in [0.4, 0.5) is 0 Å². The van der Waals surface area contributed by atoms with Gasteiger partial charge in [-0.1, -0.05) is 95.2 Å². The van der Waals surface area contributed by atoms with Gasteiger partial charge in [-0.3, -0.25) is 4.79 Å². The van der Waals surface area contributed by atoms with Gasteiger partial charge in [-0.2, -0.15) is 0 Å². The predicted octanol–water partition coefficient (Wildman–Crippen LogP) is 3.82. The molecule has 0 spiro atoms. The van der Waals surface area contributed by atoms with Gasteiger partial charge in [0.05, 0.1) is 25.4 Å². The van der Waals surface area contributed by atoms with Gasteiger partial charge in [0.15, 0.2) is 6.29 Å². The number of rotatable bonds is 23. The number of aliphatic hydroxyl groups is 5. The molecule has 1 amide bonds. The van der Waals surface area contributed by atoms with Crippen molar-refractivity contribution < 1.29 is 39.8 Å². The molecule has 0 bridgehead atoms. The Morgan fingerprint density at radius 1 is 0.805 bits per heavy atom. The topological polar surface area (TPSA) is 149 Å². The Kier molecular flexibility index (Phi) is 21.8. The number of amides is 1. The maximum Gasteiger partial charge on any atom is 0.220 e. The SMILES string of the molecule is CCCC/C=C/CC/C=C/CC/C=C/C(O)C(COC1OC(CO)C(O)C(O)C1O)NC(=O)CCCCCCCC. The first-order valence-corrected chi connectivity index (χ1v) is 15.7. The van der Waals surface area contributed by atoms with Crippen molar-refractivity contribution in [1.29, 1.82) is 0 Å². The summed E-state index contributed by atoms with van der Waals surface area (Å²) in [5, 5.41) is 53.4. The van der Waals surface area contributed by atoms with E-state index < -0.39 is 49.5 Å². The van der Waals surface area contributed by atoms with Gasteiger partial charge in [0, 0.05) is 6.42 Å². The molecule has 0 aliphatic carbocycles. The van der Waals surface area contributed by atoms with Gasteiger partial charge in [0.1, 0.15) is 24.4 Å². The minimum absolute atomic E-state index is 0.206. The van der Waals surface area contributed by atoms with Crippen molar-refractivity contribution in [3.05, 3.63) is 36.5 Å². The van der Waals surface area contributed by atoms with Crippen LogP contribution in [0.2, 0.25) is 0 Å². The minimum Gasteiger partial charge on any atom is -0.394 e. The predicted molar refractivity (Wildman–Crippen MR) is 161 cm³/mol. The Labute approximate surface area is 247 Å². The quantitative estimate of drug-likeness (QED) is 0.0786. The highest BCUT2D eigenvalue weighted by molar-refractivity contribution is 5.76. The zero-order valence-electron chi connectivity index (χ0n) is 25.3. The van der Waals surface area contributed by atoms with Crippen LogP contribution < -0.4 is 5.32 Å². The van der Waals surface area contributed by atoms with E-state index in [-0.39, 0.29) is 12.5 Å². The molecule has 0 aromatic heterocycles. The number of carbonyl (C=O) groups is 1. The third kappa shape index (κ3) is 16.6. The zero-order chi connectivity index (χ0) is 30.3. The van der Waals surface area contributed by atoms with Crippen molar-refractivity contribution in [3.63, 3.8) is 0 Å². The minimum atomic E-state index is -1.57. The summed E-state index contributed by atoms with van der Waals surface area (Å²) in [6, 6.07) is -0.818. The van der Waals surface area contributed by atoms with Crippen molar-refractivity contribution in [2.75, 3.05) is 13.2 Å². The molecule has 1 fully saturated rings. The summed E-state index contributed by atoms with van der Waals surface area (Å²) in [6.45, 7) is 3.57. The molecule has 7 atom stereocenters. The van der Waals surface area contributed by atoms with Crippen LogP contribution in [-0.4, -0.2) is 87.5 Å². The Bertz CT molecular complexity index is 741. The molecule has 0 aromatic carbocycles. The molecule has 1 heterocycles. The second-order valence-electron chi connectivity index (χ2n) is 10.9. The van der Waals surface area contributed by atoms with Gasteiger partial charge in [0.2, 0.25) is 5.91 Å². The molecule has 238 valence electrons. The number of carbonyl (C=O) groups excluding carboxylic acids is 1. The molecule has 9 heteroatoms. The number of nitrogens with one attached hydrogen (secondary N) is 1. The van der Waals surface area contributed by atoms with Gasteiger partial charge in [-0.05, 0) is 38.5 Å². The van der Waals surface area contributed by atoms with E-state index in [1.54, 1.807) is 6.08 Å². The number of ether oxygens (including phenoxy) is 2. The van der Waals surface area contributed by atoms with Crippen LogP contribution >= 0.6 is 0 Å². The fraction of sp³-hybridized carbons (Fsp3) is 0.781. The third-order valence-corrected chi connectivity index (χ3v) is 7.20. The molecule has 0 aromatic rings. The Balaban J connectivity index is 2.61. The highest BCUT2D eigenvalue weighted by Crippen LogP contribution is 2.22. The second kappa shape index (κ2) is 23.9. The number of unbranched alkanes of at least 4 members (excludes halogenated alkanes) is 9. The van der Waals surface area contributed by atoms with E-state index >= 15 is 0 Å². The molecule has 1 aliphatic rings. The van der Waals surface area contributed by atoms with Crippen LogP contribution in [0.3, 0.4) is 0 Å². The lowest BCUT2D eigenvalue weighted by atomic mass is 9.99. The lowest BCUT2D eigenvalue weighted by molar-refractivity contribution is -0.302. The summed E-state index contributed by atoms with van der Waals surface area (Å²) in [4.78, 5) is 12.6.